The molecule has 0 heterocycles. The zero-order chi connectivity index (χ0) is 44.4. The second-order valence-corrected chi connectivity index (χ2v) is 18.9. The molecule has 0 fully saturated rings. The van der Waals surface area contributed by atoms with Crippen molar-refractivity contribution < 1.29 is 24.5 Å². The minimum Gasteiger partial charge on any atom is -0.466 e. The summed E-state index contributed by atoms with van der Waals surface area (Å²) in [5.74, 6) is -0.115. The first-order valence-corrected chi connectivity index (χ1v) is 27.5. The van der Waals surface area contributed by atoms with Gasteiger partial charge in [-0.05, 0) is 32.1 Å². The summed E-state index contributed by atoms with van der Waals surface area (Å²) in [6.45, 7) is 4.86. The normalized spacial score (nSPS) is 12.7. The predicted molar refractivity (Wildman–Crippen MR) is 264 cm³/mol. The van der Waals surface area contributed by atoms with Crippen molar-refractivity contribution in [3.8, 4) is 0 Å². The van der Waals surface area contributed by atoms with Crippen LogP contribution in [0.15, 0.2) is 12.2 Å². The second kappa shape index (κ2) is 51.2. The first kappa shape index (κ1) is 59.6. The molecule has 61 heavy (non-hydrogen) atoms. The topological polar surface area (TPSA) is 95.9 Å². The summed E-state index contributed by atoms with van der Waals surface area (Å²) in [6.07, 6.45) is 59.3. The minimum atomic E-state index is -0.861. The van der Waals surface area contributed by atoms with Crippen molar-refractivity contribution >= 4 is 11.9 Å². The number of hydrogen-bond donors (Lipinski definition) is 3. The summed E-state index contributed by atoms with van der Waals surface area (Å²) in [6, 6.07) is -0.647. The van der Waals surface area contributed by atoms with E-state index in [0.717, 1.165) is 57.8 Å². The van der Waals surface area contributed by atoms with Crippen molar-refractivity contribution in [2.24, 2.45) is 0 Å². The van der Waals surface area contributed by atoms with E-state index in [-0.39, 0.29) is 18.5 Å². The summed E-state index contributed by atoms with van der Waals surface area (Å²) in [4.78, 5) is 24.5. The maximum atomic E-state index is 12.4. The molecule has 0 rings (SSSR count). The summed E-state index contributed by atoms with van der Waals surface area (Å²) in [7, 11) is 0. The Hall–Kier alpha value is -1.40. The lowest BCUT2D eigenvalue weighted by Crippen LogP contribution is -2.45. The number of ether oxygens (including phenoxy) is 1. The molecule has 0 aromatic rings. The molecule has 0 aliphatic rings. The fraction of sp³-hybridized carbons (Fsp3) is 0.927. The number of aliphatic hydroxyl groups excluding tert-OH is 2. The summed E-state index contributed by atoms with van der Waals surface area (Å²) >= 11 is 0. The van der Waals surface area contributed by atoms with Gasteiger partial charge < -0.3 is 20.3 Å². The number of hydrogen-bond acceptors (Lipinski definition) is 5. The van der Waals surface area contributed by atoms with E-state index in [1.54, 1.807) is 6.08 Å². The standard InChI is InChI=1S/C55H107NO5/c1-3-5-7-9-11-13-15-17-19-21-23-25-27-29-33-37-41-45-49-55(60)61-50-46-42-38-34-30-32-36-40-44-48-54(59)56-52(51-57)53(58)47-43-39-35-31-28-26-24-22-20-18-16-14-12-10-8-6-4-2/h43,47,52-53,57-58H,3-42,44-46,48-51H2,1-2H3,(H,56,59)/b47-43+. The highest BCUT2D eigenvalue weighted by Crippen LogP contribution is 2.17. The molecule has 2 unspecified atom stereocenters. The van der Waals surface area contributed by atoms with Gasteiger partial charge in [0.2, 0.25) is 5.91 Å². The molecule has 0 aliphatic heterocycles. The van der Waals surface area contributed by atoms with Crippen LogP contribution in [0.2, 0.25) is 0 Å². The third-order valence-electron chi connectivity index (χ3n) is 12.8. The molecule has 0 radical (unpaired) electrons. The van der Waals surface area contributed by atoms with E-state index < -0.39 is 12.1 Å². The Morgan fingerprint density at radius 2 is 0.754 bits per heavy atom. The molecule has 0 bridgehead atoms. The molecule has 2 atom stereocenters. The highest BCUT2D eigenvalue weighted by molar-refractivity contribution is 5.76. The minimum absolute atomic E-state index is 0.0224. The Bertz CT molecular complexity index is 909. The van der Waals surface area contributed by atoms with Gasteiger partial charge in [0.1, 0.15) is 0 Å². The first-order chi connectivity index (χ1) is 30.0. The van der Waals surface area contributed by atoms with Gasteiger partial charge in [0.15, 0.2) is 0 Å². The lowest BCUT2D eigenvalue weighted by molar-refractivity contribution is -0.143. The zero-order valence-corrected chi connectivity index (χ0v) is 41.2. The molecular weight excluding hydrogens is 755 g/mol. The van der Waals surface area contributed by atoms with Gasteiger partial charge in [0, 0.05) is 12.8 Å². The van der Waals surface area contributed by atoms with Gasteiger partial charge in [0.25, 0.3) is 0 Å². The van der Waals surface area contributed by atoms with Crippen LogP contribution in [0.3, 0.4) is 0 Å². The number of unbranched alkanes of at least 4 members (excludes halogenated alkanes) is 40. The molecule has 0 saturated carbocycles. The molecule has 0 saturated heterocycles. The van der Waals surface area contributed by atoms with Crippen LogP contribution in [0, 0.1) is 0 Å². The fourth-order valence-corrected chi connectivity index (χ4v) is 8.58. The molecule has 6 nitrogen and oxygen atoms in total. The quantitative estimate of drug-likeness (QED) is 0.0322. The SMILES string of the molecule is CCCCCCCCCCCCCCCCC/C=C/C(O)C(CO)NC(=O)CCCCCCCCCCCOC(=O)CCCCCCCCCCCCCCCCCCCC. The number of allylic oxidation sites excluding steroid dienone is 1. The largest absolute Gasteiger partial charge is 0.466 e. The van der Waals surface area contributed by atoms with Crippen LogP contribution >= 0.6 is 0 Å². The van der Waals surface area contributed by atoms with E-state index in [0.29, 0.717) is 19.4 Å². The maximum Gasteiger partial charge on any atom is 0.305 e. The van der Waals surface area contributed by atoms with Crippen LogP contribution in [0.1, 0.15) is 303 Å². The number of carbonyl (C=O) groups excluding carboxylic acids is 2. The number of amides is 1. The van der Waals surface area contributed by atoms with Gasteiger partial charge in [-0.3, -0.25) is 9.59 Å². The van der Waals surface area contributed by atoms with E-state index in [1.165, 1.54) is 218 Å². The molecule has 0 spiro atoms. The van der Waals surface area contributed by atoms with Gasteiger partial charge in [0.05, 0.1) is 25.4 Å². The van der Waals surface area contributed by atoms with Crippen LogP contribution in [0.5, 0.6) is 0 Å². The fourth-order valence-electron chi connectivity index (χ4n) is 8.58. The molecule has 0 aromatic heterocycles. The monoisotopic (exact) mass is 862 g/mol. The summed E-state index contributed by atoms with van der Waals surface area (Å²) in [5, 5.41) is 23.1. The van der Waals surface area contributed by atoms with Crippen LogP contribution < -0.4 is 5.32 Å². The third kappa shape index (κ3) is 47.9. The van der Waals surface area contributed by atoms with Crippen molar-refractivity contribution in [2.45, 2.75) is 315 Å². The lowest BCUT2D eigenvalue weighted by Gasteiger charge is -2.20. The Labute approximate surface area is 380 Å². The van der Waals surface area contributed by atoms with E-state index in [1.807, 2.05) is 6.08 Å². The van der Waals surface area contributed by atoms with E-state index in [4.69, 9.17) is 4.74 Å². The molecule has 362 valence electrons. The van der Waals surface area contributed by atoms with Gasteiger partial charge in [-0.15, -0.1) is 0 Å². The van der Waals surface area contributed by atoms with E-state index in [2.05, 4.69) is 19.2 Å². The lowest BCUT2D eigenvalue weighted by atomic mass is 10.0. The molecule has 3 N–H and O–H groups in total. The van der Waals surface area contributed by atoms with Crippen molar-refractivity contribution in [2.75, 3.05) is 13.2 Å². The molecule has 0 aliphatic carbocycles. The number of carbonyl (C=O) groups is 2. The van der Waals surface area contributed by atoms with Crippen molar-refractivity contribution in [3.63, 3.8) is 0 Å². The molecular formula is C55H107NO5. The summed E-state index contributed by atoms with van der Waals surface area (Å²) in [5.41, 5.74) is 0. The number of aliphatic hydroxyl groups is 2. The van der Waals surface area contributed by atoms with Crippen LogP contribution in [0.25, 0.3) is 0 Å². The maximum absolute atomic E-state index is 12.4. The van der Waals surface area contributed by atoms with Crippen molar-refractivity contribution in [3.05, 3.63) is 12.2 Å². The van der Waals surface area contributed by atoms with Gasteiger partial charge in [-0.1, -0.05) is 270 Å². The Balaban J connectivity index is 3.49. The highest BCUT2D eigenvalue weighted by Gasteiger charge is 2.18. The zero-order valence-electron chi connectivity index (χ0n) is 41.2. The average Bonchev–Trinajstić information content (AvgIpc) is 3.26. The third-order valence-corrected chi connectivity index (χ3v) is 12.8. The van der Waals surface area contributed by atoms with Crippen molar-refractivity contribution in [1.82, 2.24) is 5.32 Å². The Morgan fingerprint density at radius 3 is 1.11 bits per heavy atom. The van der Waals surface area contributed by atoms with Crippen molar-refractivity contribution in [1.29, 1.82) is 0 Å². The van der Waals surface area contributed by atoms with Gasteiger partial charge in [-0.25, -0.2) is 0 Å². The van der Waals surface area contributed by atoms with E-state index in [9.17, 15) is 19.8 Å². The Morgan fingerprint density at radius 1 is 0.443 bits per heavy atom. The number of esters is 1. The van der Waals surface area contributed by atoms with E-state index >= 15 is 0 Å². The van der Waals surface area contributed by atoms with Gasteiger partial charge in [-0.2, -0.15) is 0 Å². The average molecular weight is 862 g/mol. The number of rotatable bonds is 51. The van der Waals surface area contributed by atoms with Crippen LogP contribution in [0.4, 0.5) is 0 Å². The Kier molecular flexibility index (Phi) is 50.1. The predicted octanol–water partition coefficient (Wildman–Crippen LogP) is 16.5. The van der Waals surface area contributed by atoms with Gasteiger partial charge >= 0.3 is 5.97 Å². The van der Waals surface area contributed by atoms with Crippen LogP contribution in [-0.2, 0) is 14.3 Å². The first-order valence-electron chi connectivity index (χ1n) is 27.5. The number of nitrogens with one attached hydrogen (secondary N) is 1. The molecule has 0 aromatic carbocycles. The smallest absolute Gasteiger partial charge is 0.305 e. The van der Waals surface area contributed by atoms with Crippen LogP contribution in [-0.4, -0.2) is 47.4 Å². The summed E-state index contributed by atoms with van der Waals surface area (Å²) < 4.78 is 5.47. The highest BCUT2D eigenvalue weighted by atomic mass is 16.5. The second-order valence-electron chi connectivity index (χ2n) is 18.9. The molecule has 6 heteroatoms. The molecule has 1 amide bonds.